The summed E-state index contributed by atoms with van der Waals surface area (Å²) in [6.45, 7) is 8.58. The van der Waals surface area contributed by atoms with Gasteiger partial charge < -0.3 is 11.1 Å². The Morgan fingerprint density at radius 1 is 1.47 bits per heavy atom. The summed E-state index contributed by atoms with van der Waals surface area (Å²) in [7, 11) is 0. The van der Waals surface area contributed by atoms with Gasteiger partial charge in [0.1, 0.15) is 0 Å². The summed E-state index contributed by atoms with van der Waals surface area (Å²) >= 11 is 0. The number of benzene rings is 1. The molecule has 0 aliphatic carbocycles. The van der Waals surface area contributed by atoms with Gasteiger partial charge in [-0.25, -0.2) is 0 Å². The molecule has 1 rings (SSSR count). The summed E-state index contributed by atoms with van der Waals surface area (Å²) in [5, 5.41) is 2.88. The molecule has 0 fully saturated rings. The summed E-state index contributed by atoms with van der Waals surface area (Å²) in [5.74, 6) is -0.106. The molecule has 1 aromatic rings. The quantitative estimate of drug-likeness (QED) is 0.833. The Kier molecular flexibility index (Phi) is 4.29. The molecule has 1 amide bonds. The van der Waals surface area contributed by atoms with Crippen molar-refractivity contribution in [2.24, 2.45) is 5.73 Å². The van der Waals surface area contributed by atoms with E-state index in [1.807, 2.05) is 6.07 Å². The zero-order valence-electron chi connectivity index (χ0n) is 11.1. The monoisotopic (exact) mass is 234 g/mol. The van der Waals surface area contributed by atoms with Crippen LogP contribution < -0.4 is 11.1 Å². The number of hydrogen-bond donors (Lipinski definition) is 2. The molecule has 0 aromatic heterocycles. The molecule has 3 N–H and O–H groups in total. The van der Waals surface area contributed by atoms with Crippen molar-refractivity contribution in [1.82, 2.24) is 5.32 Å². The first kappa shape index (κ1) is 13.7. The smallest absolute Gasteiger partial charge is 0.236 e. The van der Waals surface area contributed by atoms with E-state index in [9.17, 15) is 4.79 Å². The van der Waals surface area contributed by atoms with E-state index in [0.717, 1.165) is 0 Å². The zero-order chi connectivity index (χ0) is 13.1. The Bertz CT molecular complexity index is 397. The van der Waals surface area contributed by atoms with Crippen molar-refractivity contribution in [2.75, 3.05) is 6.54 Å². The molecule has 0 bridgehead atoms. The first-order chi connectivity index (χ1) is 7.83. The van der Waals surface area contributed by atoms with E-state index < -0.39 is 6.04 Å². The molecule has 1 atom stereocenters. The van der Waals surface area contributed by atoms with Gasteiger partial charge in [0.25, 0.3) is 0 Å². The average Bonchev–Trinajstić information content (AvgIpc) is 2.26. The maximum atomic E-state index is 11.5. The lowest BCUT2D eigenvalue weighted by atomic mass is 9.84. The van der Waals surface area contributed by atoms with Crippen LogP contribution in [0, 0.1) is 6.92 Å². The second kappa shape index (κ2) is 5.32. The van der Waals surface area contributed by atoms with Crippen molar-refractivity contribution in [1.29, 1.82) is 0 Å². The van der Waals surface area contributed by atoms with Crippen LogP contribution in [0.1, 0.15) is 31.9 Å². The highest BCUT2D eigenvalue weighted by Crippen LogP contribution is 2.22. The van der Waals surface area contributed by atoms with Crippen molar-refractivity contribution in [3.63, 3.8) is 0 Å². The molecule has 0 heterocycles. The van der Waals surface area contributed by atoms with Crippen LogP contribution in [-0.2, 0) is 10.2 Å². The van der Waals surface area contributed by atoms with Gasteiger partial charge in [0.2, 0.25) is 5.91 Å². The first-order valence-electron chi connectivity index (χ1n) is 5.93. The topological polar surface area (TPSA) is 55.1 Å². The van der Waals surface area contributed by atoms with E-state index in [4.69, 9.17) is 5.73 Å². The third-order valence-corrected chi connectivity index (χ3v) is 2.92. The van der Waals surface area contributed by atoms with Gasteiger partial charge in [-0.15, -0.1) is 0 Å². The van der Waals surface area contributed by atoms with Crippen LogP contribution in [0.4, 0.5) is 0 Å². The number of nitrogens with two attached hydrogens (primary N) is 1. The lowest BCUT2D eigenvalue weighted by Crippen LogP contribution is -2.43. The van der Waals surface area contributed by atoms with E-state index >= 15 is 0 Å². The molecule has 0 spiro atoms. The fraction of sp³-hybridized carbons (Fsp3) is 0.500. The number of carbonyl (C=O) groups is 1. The molecule has 1 aromatic carbocycles. The number of nitrogens with one attached hydrogen (secondary N) is 1. The van der Waals surface area contributed by atoms with Crippen molar-refractivity contribution in [2.45, 2.75) is 39.2 Å². The summed E-state index contributed by atoms with van der Waals surface area (Å²) in [6, 6.07) is 7.89. The Labute approximate surface area is 103 Å². The Morgan fingerprint density at radius 3 is 2.65 bits per heavy atom. The normalized spacial score (nSPS) is 13.2. The summed E-state index contributed by atoms with van der Waals surface area (Å²) < 4.78 is 0. The van der Waals surface area contributed by atoms with Crippen LogP contribution >= 0.6 is 0 Å². The van der Waals surface area contributed by atoms with E-state index in [1.165, 1.54) is 11.1 Å². The Balaban J connectivity index is 2.72. The molecule has 3 nitrogen and oxygen atoms in total. The molecule has 0 saturated heterocycles. The average molecular weight is 234 g/mol. The molecule has 0 saturated carbocycles. The second-order valence-electron chi connectivity index (χ2n) is 5.26. The number of hydrogen-bond acceptors (Lipinski definition) is 2. The van der Waals surface area contributed by atoms with E-state index in [0.29, 0.717) is 6.54 Å². The molecule has 94 valence electrons. The van der Waals surface area contributed by atoms with Gasteiger partial charge in [0.15, 0.2) is 0 Å². The number of carbonyl (C=O) groups excluding carboxylic acids is 1. The standard InChI is InChI=1S/C14H22N2O/c1-10-6-5-7-12(8-10)14(3,4)9-16-13(17)11(2)15/h5-8,11H,9,15H2,1-4H3,(H,16,17)/t11-/m1/s1. The van der Waals surface area contributed by atoms with Gasteiger partial charge in [-0.2, -0.15) is 0 Å². The number of aryl methyl sites for hydroxylation is 1. The Morgan fingerprint density at radius 2 is 2.12 bits per heavy atom. The summed E-state index contributed by atoms with van der Waals surface area (Å²) in [4.78, 5) is 11.5. The first-order valence-corrected chi connectivity index (χ1v) is 5.93. The molecular formula is C14H22N2O. The number of amides is 1. The highest BCUT2D eigenvalue weighted by Gasteiger charge is 2.22. The van der Waals surface area contributed by atoms with Crippen LogP contribution in [0.3, 0.4) is 0 Å². The minimum atomic E-state index is -0.455. The molecule has 17 heavy (non-hydrogen) atoms. The molecule has 3 heteroatoms. The van der Waals surface area contributed by atoms with Gasteiger partial charge in [-0.1, -0.05) is 43.7 Å². The lowest BCUT2D eigenvalue weighted by molar-refractivity contribution is -0.122. The fourth-order valence-electron chi connectivity index (χ4n) is 1.64. The SMILES string of the molecule is Cc1cccc(C(C)(C)CNC(=O)[C@@H](C)N)c1. The Hall–Kier alpha value is -1.35. The van der Waals surface area contributed by atoms with Crippen LogP contribution in [0.2, 0.25) is 0 Å². The summed E-state index contributed by atoms with van der Waals surface area (Å²) in [6.07, 6.45) is 0. The maximum Gasteiger partial charge on any atom is 0.236 e. The third-order valence-electron chi connectivity index (χ3n) is 2.92. The third kappa shape index (κ3) is 3.86. The van der Waals surface area contributed by atoms with E-state index in [2.05, 4.69) is 44.3 Å². The van der Waals surface area contributed by atoms with Crippen LogP contribution in [0.25, 0.3) is 0 Å². The van der Waals surface area contributed by atoms with Gasteiger partial charge >= 0.3 is 0 Å². The molecular weight excluding hydrogens is 212 g/mol. The van der Waals surface area contributed by atoms with Crippen molar-refractivity contribution >= 4 is 5.91 Å². The van der Waals surface area contributed by atoms with Gasteiger partial charge in [-0.05, 0) is 19.4 Å². The highest BCUT2D eigenvalue weighted by molar-refractivity contribution is 5.81. The van der Waals surface area contributed by atoms with Crippen LogP contribution in [0.5, 0.6) is 0 Å². The van der Waals surface area contributed by atoms with Crippen molar-refractivity contribution in [3.05, 3.63) is 35.4 Å². The largest absolute Gasteiger partial charge is 0.354 e. The van der Waals surface area contributed by atoms with E-state index in [-0.39, 0.29) is 11.3 Å². The van der Waals surface area contributed by atoms with Crippen molar-refractivity contribution < 1.29 is 4.79 Å². The van der Waals surface area contributed by atoms with Crippen LogP contribution in [0.15, 0.2) is 24.3 Å². The molecule has 0 radical (unpaired) electrons. The highest BCUT2D eigenvalue weighted by atomic mass is 16.2. The minimum absolute atomic E-state index is 0.0867. The predicted octanol–water partition coefficient (Wildman–Crippen LogP) is 1.74. The van der Waals surface area contributed by atoms with Gasteiger partial charge in [0, 0.05) is 12.0 Å². The van der Waals surface area contributed by atoms with E-state index in [1.54, 1.807) is 6.92 Å². The molecule has 0 aliphatic heterocycles. The summed E-state index contributed by atoms with van der Waals surface area (Å²) in [5.41, 5.74) is 7.88. The number of rotatable bonds is 4. The van der Waals surface area contributed by atoms with Gasteiger partial charge in [0.05, 0.1) is 6.04 Å². The second-order valence-corrected chi connectivity index (χ2v) is 5.26. The van der Waals surface area contributed by atoms with Gasteiger partial charge in [-0.3, -0.25) is 4.79 Å². The van der Waals surface area contributed by atoms with Crippen molar-refractivity contribution in [3.8, 4) is 0 Å². The predicted molar refractivity (Wildman–Crippen MR) is 70.9 cm³/mol. The maximum absolute atomic E-state index is 11.5. The fourth-order valence-corrected chi connectivity index (χ4v) is 1.64. The lowest BCUT2D eigenvalue weighted by Gasteiger charge is -2.26. The zero-order valence-corrected chi connectivity index (χ0v) is 11.1. The minimum Gasteiger partial charge on any atom is -0.354 e. The molecule has 0 aliphatic rings. The van der Waals surface area contributed by atoms with Crippen LogP contribution in [-0.4, -0.2) is 18.5 Å². The molecule has 0 unspecified atom stereocenters.